The molecule has 1 aromatic heterocycles. The van der Waals surface area contributed by atoms with Crippen LogP contribution in [0.3, 0.4) is 0 Å². The van der Waals surface area contributed by atoms with Gasteiger partial charge in [-0.05, 0) is 61.7 Å². The van der Waals surface area contributed by atoms with Gasteiger partial charge in [0.1, 0.15) is 5.75 Å². The fourth-order valence-electron chi connectivity index (χ4n) is 5.38. The van der Waals surface area contributed by atoms with Crippen LogP contribution in [0.2, 0.25) is 0 Å². The fourth-order valence-corrected chi connectivity index (χ4v) is 6.47. The highest BCUT2D eigenvalue weighted by Crippen LogP contribution is 2.53. The van der Waals surface area contributed by atoms with Crippen LogP contribution in [-0.2, 0) is 6.42 Å². The predicted molar refractivity (Wildman–Crippen MR) is 98.5 cm³/mol. The van der Waals surface area contributed by atoms with E-state index in [0.717, 1.165) is 33.7 Å². The summed E-state index contributed by atoms with van der Waals surface area (Å²) in [5.74, 6) is 1.78. The van der Waals surface area contributed by atoms with Crippen molar-refractivity contribution in [3.63, 3.8) is 0 Å². The van der Waals surface area contributed by atoms with Crippen molar-refractivity contribution in [1.82, 2.24) is 10.2 Å². The highest BCUT2D eigenvalue weighted by Gasteiger charge is 2.60. The Morgan fingerprint density at radius 2 is 2.12 bits per heavy atom. The molecule has 5 heteroatoms. The van der Waals surface area contributed by atoms with Crippen LogP contribution < -0.4 is 10.1 Å². The molecule has 1 aliphatic carbocycles. The van der Waals surface area contributed by atoms with Crippen LogP contribution in [0.25, 0.3) is 10.1 Å². The van der Waals surface area contributed by atoms with E-state index in [1.807, 2.05) is 6.07 Å². The number of rotatable bonds is 2. The number of hydrogen-bond acceptors (Lipinski definition) is 4. The SMILES string of the molecule is O=C(N[C@@H]1C2CCN(CC2)C12CC2)c1cc2ccc3c(c2s1)OCC3. The summed E-state index contributed by atoms with van der Waals surface area (Å²) in [5.41, 5.74) is 1.56. The summed E-state index contributed by atoms with van der Waals surface area (Å²) in [4.78, 5) is 16.5. The van der Waals surface area contributed by atoms with Crippen molar-refractivity contribution in [3.05, 3.63) is 28.6 Å². The first-order chi connectivity index (χ1) is 12.2. The molecular weight excluding hydrogens is 332 g/mol. The minimum Gasteiger partial charge on any atom is -0.491 e. The van der Waals surface area contributed by atoms with Gasteiger partial charge in [0, 0.05) is 12.0 Å². The van der Waals surface area contributed by atoms with E-state index < -0.39 is 0 Å². The van der Waals surface area contributed by atoms with Crippen LogP contribution >= 0.6 is 11.3 Å². The standard InChI is InChI=1S/C20H22N2O2S/c23-19(21-18-13-3-8-22(9-4-13)20(18)6-7-20)15-11-14-2-1-12-5-10-24-16(12)17(14)25-15/h1-2,11,13,18H,3-10H2,(H,21,23)/t18-/m1/s1. The molecular formula is C20H22N2O2S. The van der Waals surface area contributed by atoms with Crippen LogP contribution in [0, 0.1) is 5.92 Å². The molecule has 1 spiro atoms. The second-order valence-electron chi connectivity index (χ2n) is 8.06. The van der Waals surface area contributed by atoms with Gasteiger partial charge in [-0.1, -0.05) is 12.1 Å². The number of amides is 1. The molecule has 7 rings (SSSR count). The number of nitrogens with zero attached hydrogens (tertiary/aromatic N) is 1. The topological polar surface area (TPSA) is 41.6 Å². The molecule has 5 heterocycles. The van der Waals surface area contributed by atoms with E-state index in [0.29, 0.717) is 12.0 Å². The Hall–Kier alpha value is -1.59. The van der Waals surface area contributed by atoms with E-state index in [1.165, 1.54) is 44.3 Å². The Kier molecular flexibility index (Phi) is 2.90. The zero-order valence-corrected chi connectivity index (χ0v) is 15.0. The Labute approximate surface area is 151 Å². The third-order valence-electron chi connectivity index (χ3n) is 6.83. The first kappa shape index (κ1) is 14.6. The van der Waals surface area contributed by atoms with Crippen molar-refractivity contribution >= 4 is 27.3 Å². The summed E-state index contributed by atoms with van der Waals surface area (Å²) >= 11 is 1.59. The lowest BCUT2D eigenvalue weighted by Crippen LogP contribution is -2.65. The van der Waals surface area contributed by atoms with Gasteiger partial charge in [-0.25, -0.2) is 0 Å². The lowest BCUT2D eigenvalue weighted by Gasteiger charge is -2.52. The Morgan fingerprint density at radius 1 is 1.28 bits per heavy atom. The van der Waals surface area contributed by atoms with Crippen LogP contribution in [0.15, 0.2) is 18.2 Å². The van der Waals surface area contributed by atoms with Crippen LogP contribution in [0.5, 0.6) is 5.75 Å². The number of carbonyl (C=O) groups is 1. The molecule has 1 saturated carbocycles. The average molecular weight is 354 g/mol. The second-order valence-corrected chi connectivity index (χ2v) is 9.11. The van der Waals surface area contributed by atoms with Crippen molar-refractivity contribution in [2.75, 3.05) is 19.7 Å². The molecule has 1 aromatic carbocycles. The zero-order chi connectivity index (χ0) is 16.6. The van der Waals surface area contributed by atoms with Crippen molar-refractivity contribution in [2.24, 2.45) is 5.92 Å². The van der Waals surface area contributed by atoms with Gasteiger partial charge in [0.15, 0.2) is 0 Å². The third kappa shape index (κ3) is 1.99. The molecule has 3 saturated heterocycles. The molecule has 4 nitrogen and oxygen atoms in total. The van der Waals surface area contributed by atoms with E-state index in [-0.39, 0.29) is 11.4 Å². The van der Waals surface area contributed by atoms with Gasteiger partial charge in [-0.15, -0.1) is 11.3 Å². The lowest BCUT2D eigenvalue weighted by molar-refractivity contribution is -0.00138. The van der Waals surface area contributed by atoms with Crippen LogP contribution in [-0.4, -0.2) is 42.1 Å². The molecule has 25 heavy (non-hydrogen) atoms. The largest absolute Gasteiger partial charge is 0.491 e. The molecule has 0 unspecified atom stereocenters. The first-order valence-corrected chi connectivity index (χ1v) is 10.3. The minimum absolute atomic E-state index is 0.109. The van der Waals surface area contributed by atoms with E-state index in [2.05, 4.69) is 22.3 Å². The van der Waals surface area contributed by atoms with E-state index in [4.69, 9.17) is 4.74 Å². The number of carbonyl (C=O) groups excluding carboxylic acids is 1. The van der Waals surface area contributed by atoms with Crippen molar-refractivity contribution < 1.29 is 9.53 Å². The molecule has 0 radical (unpaired) electrons. The van der Waals surface area contributed by atoms with Crippen molar-refractivity contribution in [3.8, 4) is 5.75 Å². The fraction of sp³-hybridized carbons (Fsp3) is 0.550. The van der Waals surface area contributed by atoms with E-state index in [1.54, 1.807) is 11.3 Å². The Morgan fingerprint density at radius 3 is 2.92 bits per heavy atom. The molecule has 1 N–H and O–H groups in total. The molecule has 1 atom stereocenters. The van der Waals surface area contributed by atoms with Gasteiger partial charge in [-0.2, -0.15) is 0 Å². The summed E-state index contributed by atoms with van der Waals surface area (Å²) in [5, 5.41) is 4.57. The Balaban J connectivity index is 1.31. The average Bonchev–Trinajstić information content (AvgIpc) is 3.08. The molecule has 1 amide bonds. The van der Waals surface area contributed by atoms with Crippen molar-refractivity contribution in [1.29, 1.82) is 0 Å². The number of nitrogens with one attached hydrogen (secondary N) is 1. The summed E-state index contributed by atoms with van der Waals surface area (Å²) in [6.45, 7) is 3.21. The smallest absolute Gasteiger partial charge is 0.261 e. The minimum atomic E-state index is 0.109. The van der Waals surface area contributed by atoms with Gasteiger partial charge >= 0.3 is 0 Å². The van der Waals surface area contributed by atoms with Gasteiger partial charge in [-0.3, -0.25) is 9.69 Å². The van der Waals surface area contributed by atoms with Gasteiger partial charge in [0.2, 0.25) is 0 Å². The molecule has 4 aliphatic heterocycles. The normalized spacial score (nSPS) is 31.1. The van der Waals surface area contributed by atoms with Crippen LogP contribution in [0.4, 0.5) is 0 Å². The summed E-state index contributed by atoms with van der Waals surface area (Å²) < 4.78 is 6.94. The maximum Gasteiger partial charge on any atom is 0.261 e. The van der Waals surface area contributed by atoms with E-state index in [9.17, 15) is 4.79 Å². The molecule has 5 aliphatic rings. The number of piperidine rings is 3. The monoisotopic (exact) mass is 354 g/mol. The third-order valence-corrected chi connectivity index (χ3v) is 7.98. The first-order valence-electron chi connectivity index (χ1n) is 9.49. The van der Waals surface area contributed by atoms with Crippen LogP contribution in [0.1, 0.15) is 40.9 Å². The number of ether oxygens (including phenoxy) is 1. The maximum atomic E-state index is 13.0. The summed E-state index contributed by atoms with van der Waals surface area (Å²) in [7, 11) is 0. The lowest BCUT2D eigenvalue weighted by atomic mass is 9.77. The predicted octanol–water partition coefficient (Wildman–Crippen LogP) is 3.19. The summed E-state index contributed by atoms with van der Waals surface area (Å²) in [6, 6.07) is 6.66. The highest BCUT2D eigenvalue weighted by molar-refractivity contribution is 7.21. The zero-order valence-electron chi connectivity index (χ0n) is 14.2. The Bertz CT molecular complexity index is 877. The summed E-state index contributed by atoms with van der Waals surface area (Å²) in [6.07, 6.45) is 5.96. The second kappa shape index (κ2) is 4.98. The van der Waals surface area contributed by atoms with Crippen molar-refractivity contribution in [2.45, 2.75) is 43.7 Å². The number of hydrogen-bond donors (Lipinski definition) is 1. The number of benzene rings is 1. The molecule has 2 aromatic rings. The van der Waals surface area contributed by atoms with Gasteiger partial charge in [0.25, 0.3) is 5.91 Å². The van der Waals surface area contributed by atoms with E-state index >= 15 is 0 Å². The molecule has 2 bridgehead atoms. The number of fused-ring (bicyclic) bond motifs is 5. The maximum absolute atomic E-state index is 13.0. The molecule has 4 fully saturated rings. The quantitative estimate of drug-likeness (QED) is 0.900. The van der Waals surface area contributed by atoms with Gasteiger partial charge in [0.05, 0.1) is 22.2 Å². The highest BCUT2D eigenvalue weighted by atomic mass is 32.1. The molecule has 130 valence electrons. The number of thiophene rings is 1. The van der Waals surface area contributed by atoms with Gasteiger partial charge < -0.3 is 10.1 Å².